The van der Waals surface area contributed by atoms with Crippen LogP contribution in [0.2, 0.25) is 0 Å². The molecule has 3 rings (SSSR count). The SMILES string of the molecule is O=C(O)CCC1CC(c2ccc3c(c2)OCO3)NN1. The molecule has 2 aliphatic heterocycles. The monoisotopic (exact) mass is 264 g/mol. The van der Waals surface area contributed by atoms with Crippen LogP contribution < -0.4 is 20.3 Å². The van der Waals surface area contributed by atoms with Gasteiger partial charge in [0.1, 0.15) is 0 Å². The molecule has 1 fully saturated rings. The number of hydrogen-bond acceptors (Lipinski definition) is 5. The number of hydrazine groups is 1. The molecule has 2 unspecified atom stereocenters. The fourth-order valence-electron chi connectivity index (χ4n) is 2.46. The molecule has 1 aromatic rings. The Kier molecular flexibility index (Phi) is 3.27. The van der Waals surface area contributed by atoms with Crippen LogP contribution >= 0.6 is 0 Å². The van der Waals surface area contributed by atoms with Crippen LogP contribution in [-0.2, 0) is 4.79 Å². The third kappa shape index (κ3) is 2.64. The Bertz CT molecular complexity index is 492. The molecule has 0 amide bonds. The van der Waals surface area contributed by atoms with Crippen molar-refractivity contribution in [2.45, 2.75) is 31.3 Å². The highest BCUT2D eigenvalue weighted by atomic mass is 16.7. The summed E-state index contributed by atoms with van der Waals surface area (Å²) in [5.41, 5.74) is 7.46. The van der Waals surface area contributed by atoms with Crippen molar-refractivity contribution in [1.29, 1.82) is 0 Å². The number of nitrogens with one attached hydrogen (secondary N) is 2. The number of carbonyl (C=O) groups is 1. The maximum atomic E-state index is 10.6. The average Bonchev–Trinajstić information content (AvgIpc) is 3.04. The van der Waals surface area contributed by atoms with Crippen LogP contribution in [0.1, 0.15) is 30.9 Å². The molecular weight excluding hydrogens is 248 g/mol. The van der Waals surface area contributed by atoms with Crippen LogP contribution in [0.3, 0.4) is 0 Å². The molecule has 0 saturated carbocycles. The molecule has 3 N–H and O–H groups in total. The number of carboxylic acids is 1. The highest BCUT2D eigenvalue weighted by Gasteiger charge is 2.26. The van der Waals surface area contributed by atoms with Gasteiger partial charge in [-0.05, 0) is 30.5 Å². The van der Waals surface area contributed by atoms with E-state index in [1.807, 2.05) is 18.2 Å². The summed E-state index contributed by atoms with van der Waals surface area (Å²) >= 11 is 0. The third-order valence-electron chi connectivity index (χ3n) is 3.49. The summed E-state index contributed by atoms with van der Waals surface area (Å²) in [5, 5.41) is 8.68. The van der Waals surface area contributed by atoms with Crippen LogP contribution in [0.15, 0.2) is 18.2 Å². The van der Waals surface area contributed by atoms with E-state index >= 15 is 0 Å². The maximum Gasteiger partial charge on any atom is 0.303 e. The molecule has 0 radical (unpaired) electrons. The standard InChI is InChI=1S/C13H16N2O4/c16-13(17)4-2-9-6-10(15-14-9)8-1-3-11-12(5-8)19-7-18-11/h1,3,5,9-10,14-15H,2,4,6-7H2,(H,16,17). The van der Waals surface area contributed by atoms with Gasteiger partial charge in [0.15, 0.2) is 11.5 Å². The Hall–Kier alpha value is -1.79. The number of ether oxygens (including phenoxy) is 2. The predicted octanol–water partition coefficient (Wildman–Crippen LogP) is 1.19. The van der Waals surface area contributed by atoms with Gasteiger partial charge < -0.3 is 14.6 Å². The summed E-state index contributed by atoms with van der Waals surface area (Å²) in [7, 11) is 0. The number of aliphatic carboxylic acids is 1. The first-order chi connectivity index (χ1) is 9.22. The minimum Gasteiger partial charge on any atom is -0.481 e. The molecule has 1 aromatic carbocycles. The minimum atomic E-state index is -0.756. The number of carboxylic acid groups (broad SMARTS) is 1. The molecule has 0 aliphatic carbocycles. The smallest absolute Gasteiger partial charge is 0.303 e. The molecule has 0 spiro atoms. The normalized spacial score (nSPS) is 24.6. The van der Waals surface area contributed by atoms with Gasteiger partial charge in [-0.1, -0.05) is 6.07 Å². The van der Waals surface area contributed by atoms with E-state index in [1.54, 1.807) is 0 Å². The fraction of sp³-hybridized carbons (Fsp3) is 0.462. The first kappa shape index (κ1) is 12.3. The molecule has 19 heavy (non-hydrogen) atoms. The van der Waals surface area contributed by atoms with Crippen LogP contribution in [0, 0.1) is 0 Å². The average molecular weight is 264 g/mol. The van der Waals surface area contributed by atoms with Crippen molar-refractivity contribution in [3.63, 3.8) is 0 Å². The second kappa shape index (κ2) is 5.07. The largest absolute Gasteiger partial charge is 0.481 e. The van der Waals surface area contributed by atoms with Crippen molar-refractivity contribution in [2.24, 2.45) is 0 Å². The first-order valence-electron chi connectivity index (χ1n) is 6.35. The lowest BCUT2D eigenvalue weighted by molar-refractivity contribution is -0.137. The van der Waals surface area contributed by atoms with Crippen molar-refractivity contribution in [3.8, 4) is 11.5 Å². The molecule has 1 saturated heterocycles. The van der Waals surface area contributed by atoms with E-state index in [4.69, 9.17) is 14.6 Å². The Labute approximate surface area is 110 Å². The number of benzene rings is 1. The van der Waals surface area contributed by atoms with E-state index in [-0.39, 0.29) is 25.3 Å². The van der Waals surface area contributed by atoms with Gasteiger partial charge in [-0.2, -0.15) is 0 Å². The molecular formula is C13H16N2O4. The fourth-order valence-corrected chi connectivity index (χ4v) is 2.46. The number of fused-ring (bicyclic) bond motifs is 1. The van der Waals surface area contributed by atoms with Crippen LogP contribution in [0.5, 0.6) is 11.5 Å². The summed E-state index contributed by atoms with van der Waals surface area (Å²) in [6.07, 6.45) is 1.68. The number of rotatable bonds is 4. The highest BCUT2D eigenvalue weighted by molar-refractivity contribution is 5.66. The summed E-state index contributed by atoms with van der Waals surface area (Å²) in [5.74, 6) is 0.791. The van der Waals surface area contributed by atoms with E-state index in [0.717, 1.165) is 23.5 Å². The zero-order valence-corrected chi connectivity index (χ0v) is 10.4. The van der Waals surface area contributed by atoms with Crippen molar-refractivity contribution < 1.29 is 19.4 Å². The minimum absolute atomic E-state index is 0.174. The van der Waals surface area contributed by atoms with E-state index < -0.39 is 5.97 Å². The number of hydrogen-bond donors (Lipinski definition) is 3. The van der Waals surface area contributed by atoms with E-state index in [1.165, 1.54) is 0 Å². The van der Waals surface area contributed by atoms with Gasteiger partial charge in [-0.25, -0.2) is 0 Å². The summed E-state index contributed by atoms with van der Waals surface area (Å²) in [6, 6.07) is 6.25. The summed E-state index contributed by atoms with van der Waals surface area (Å²) in [4.78, 5) is 10.6. The van der Waals surface area contributed by atoms with Gasteiger partial charge in [0.2, 0.25) is 6.79 Å². The van der Waals surface area contributed by atoms with Crippen LogP contribution in [0.4, 0.5) is 0 Å². The molecule has 2 heterocycles. The van der Waals surface area contributed by atoms with Crippen molar-refractivity contribution >= 4 is 5.97 Å². The maximum absolute atomic E-state index is 10.6. The Balaban J connectivity index is 1.63. The Morgan fingerprint density at radius 3 is 3.00 bits per heavy atom. The molecule has 102 valence electrons. The molecule has 0 bridgehead atoms. The summed E-state index contributed by atoms with van der Waals surface area (Å²) < 4.78 is 10.6. The summed E-state index contributed by atoms with van der Waals surface area (Å²) in [6.45, 7) is 0.274. The van der Waals surface area contributed by atoms with Gasteiger partial charge in [0, 0.05) is 18.5 Å². The second-order valence-corrected chi connectivity index (χ2v) is 4.82. The van der Waals surface area contributed by atoms with Gasteiger partial charge in [0.25, 0.3) is 0 Å². The molecule has 2 atom stereocenters. The topological polar surface area (TPSA) is 79.8 Å². The van der Waals surface area contributed by atoms with E-state index in [2.05, 4.69) is 10.9 Å². The molecule has 6 nitrogen and oxygen atoms in total. The van der Waals surface area contributed by atoms with E-state index in [0.29, 0.717) is 6.42 Å². The van der Waals surface area contributed by atoms with E-state index in [9.17, 15) is 4.79 Å². The van der Waals surface area contributed by atoms with Crippen LogP contribution in [-0.4, -0.2) is 23.9 Å². The van der Waals surface area contributed by atoms with Gasteiger partial charge in [-0.15, -0.1) is 0 Å². The van der Waals surface area contributed by atoms with Gasteiger partial charge in [-0.3, -0.25) is 15.6 Å². The van der Waals surface area contributed by atoms with Gasteiger partial charge >= 0.3 is 5.97 Å². The van der Waals surface area contributed by atoms with Crippen molar-refractivity contribution in [1.82, 2.24) is 10.9 Å². The van der Waals surface area contributed by atoms with Crippen molar-refractivity contribution in [3.05, 3.63) is 23.8 Å². The first-order valence-corrected chi connectivity index (χ1v) is 6.35. The molecule has 0 aromatic heterocycles. The lowest BCUT2D eigenvalue weighted by Crippen LogP contribution is -2.31. The second-order valence-electron chi connectivity index (χ2n) is 4.82. The quantitative estimate of drug-likeness (QED) is 0.758. The van der Waals surface area contributed by atoms with Crippen molar-refractivity contribution in [2.75, 3.05) is 6.79 Å². The molecule has 6 heteroatoms. The zero-order chi connectivity index (χ0) is 13.2. The van der Waals surface area contributed by atoms with Gasteiger partial charge in [0.05, 0.1) is 0 Å². The Morgan fingerprint density at radius 1 is 1.32 bits per heavy atom. The third-order valence-corrected chi connectivity index (χ3v) is 3.49. The highest BCUT2D eigenvalue weighted by Crippen LogP contribution is 2.35. The van der Waals surface area contributed by atoms with Crippen LogP contribution in [0.25, 0.3) is 0 Å². The molecule has 2 aliphatic rings. The lowest BCUT2D eigenvalue weighted by atomic mass is 9.99. The Morgan fingerprint density at radius 2 is 2.16 bits per heavy atom. The lowest BCUT2D eigenvalue weighted by Gasteiger charge is -2.10. The zero-order valence-electron chi connectivity index (χ0n) is 10.4. The predicted molar refractivity (Wildman–Crippen MR) is 66.9 cm³/mol.